The Kier molecular flexibility index (Phi) is 6.49. The third-order valence-corrected chi connectivity index (χ3v) is 6.33. The number of hydrogen-bond donors (Lipinski definition) is 0. The zero-order valence-corrected chi connectivity index (χ0v) is 18.6. The minimum Gasteiger partial charge on any atom is -0.427 e. The summed E-state index contributed by atoms with van der Waals surface area (Å²) in [6.45, 7) is 5.91. The normalized spacial score (nSPS) is 25.0. The predicted molar refractivity (Wildman–Crippen MR) is 118 cm³/mol. The highest BCUT2D eigenvalue weighted by molar-refractivity contribution is 6.57. The molecule has 1 amide bonds. The van der Waals surface area contributed by atoms with Crippen LogP contribution in [0, 0.1) is 0 Å². The van der Waals surface area contributed by atoms with Crippen LogP contribution in [0.3, 0.4) is 0 Å². The van der Waals surface area contributed by atoms with E-state index >= 15 is 0 Å². The van der Waals surface area contributed by atoms with Gasteiger partial charge in [0.15, 0.2) is 0 Å². The van der Waals surface area contributed by atoms with Gasteiger partial charge in [0.25, 0.3) is 6.10 Å². The van der Waals surface area contributed by atoms with E-state index in [0.29, 0.717) is 0 Å². The van der Waals surface area contributed by atoms with Crippen LogP contribution in [0.1, 0.15) is 20.8 Å². The Morgan fingerprint density at radius 2 is 1.28 bits per heavy atom. The Morgan fingerprint density at radius 3 is 1.59 bits per heavy atom. The SMILES string of the molecule is BC1N(C(=O)OC(C(F)(F)F)C(F)(F)F)C(B)(B)C(B)(B)N(C(C)(C)C)C1(B)B. The van der Waals surface area contributed by atoms with Crippen LogP contribution in [-0.2, 0) is 4.74 Å². The molecule has 17 heteroatoms. The monoisotopic (exact) mass is 420 g/mol. The van der Waals surface area contributed by atoms with E-state index < -0.39 is 52.0 Å². The molecule has 1 fully saturated rings. The van der Waals surface area contributed by atoms with Crippen LogP contribution in [0.4, 0.5) is 31.1 Å². The molecule has 0 N–H and O–H groups in total. The van der Waals surface area contributed by atoms with E-state index in [-0.39, 0.29) is 0 Å². The average Bonchev–Trinajstić information content (AvgIpc) is 2.38. The number of carbonyl (C=O) groups is 1. The second-order valence-corrected chi connectivity index (χ2v) is 10.2. The number of carbonyl (C=O) groups excluding carboxylic acids is 1. The van der Waals surface area contributed by atoms with Crippen LogP contribution < -0.4 is 0 Å². The van der Waals surface area contributed by atoms with Crippen molar-refractivity contribution >= 4 is 61.0 Å². The topological polar surface area (TPSA) is 32.8 Å². The van der Waals surface area contributed by atoms with Crippen LogP contribution >= 0.6 is 0 Å². The summed E-state index contributed by atoms with van der Waals surface area (Å²) < 4.78 is 81.6. The van der Waals surface area contributed by atoms with E-state index in [9.17, 15) is 31.1 Å². The van der Waals surface area contributed by atoms with Crippen molar-refractivity contribution in [3.63, 3.8) is 0 Å². The second kappa shape index (κ2) is 7.16. The molecule has 1 saturated heterocycles. The molecular formula is C12H25B7F6N2O2. The van der Waals surface area contributed by atoms with Crippen LogP contribution in [-0.4, -0.2) is 117 Å². The van der Waals surface area contributed by atoms with Gasteiger partial charge in [-0.2, -0.15) is 26.3 Å². The van der Waals surface area contributed by atoms with Gasteiger partial charge in [0.2, 0.25) is 0 Å². The molecule has 0 aromatic carbocycles. The number of ether oxygens (including phenoxy) is 1. The molecule has 1 unspecified atom stereocenters. The fourth-order valence-corrected chi connectivity index (χ4v) is 4.84. The van der Waals surface area contributed by atoms with Crippen LogP contribution in [0.15, 0.2) is 0 Å². The molecule has 1 heterocycles. The van der Waals surface area contributed by atoms with Crippen molar-refractivity contribution in [3.8, 4) is 0 Å². The van der Waals surface area contributed by atoms with Gasteiger partial charge < -0.3 is 14.5 Å². The molecule has 158 valence electrons. The van der Waals surface area contributed by atoms with Crippen LogP contribution in [0.25, 0.3) is 0 Å². The summed E-state index contributed by atoms with van der Waals surface area (Å²) in [7, 11) is 12.1. The Balaban J connectivity index is 3.51. The second-order valence-electron chi connectivity index (χ2n) is 10.2. The zero-order chi connectivity index (χ0) is 23.6. The highest BCUT2D eigenvalue weighted by Gasteiger charge is 2.64. The number of hydrogen-bond acceptors (Lipinski definition) is 3. The molecule has 0 spiro atoms. The van der Waals surface area contributed by atoms with Crippen molar-refractivity contribution in [3.05, 3.63) is 0 Å². The standard InChI is InChI=1S/C12H25B7F6N2O2/c1-7(2,3)27-8(14,15)5(13)26(11(16,17)12(27,18)19)6(28)29-4(9(20,21)22)10(23,24)25/h4-5H,13-19H2,1-3H3. The zero-order valence-electron chi connectivity index (χ0n) is 18.6. The Morgan fingerprint density at radius 1 is 0.897 bits per heavy atom. The Hall–Kier alpha value is -0.735. The molecule has 1 rings (SSSR count). The van der Waals surface area contributed by atoms with Gasteiger partial charge in [-0.25, -0.2) is 4.79 Å². The van der Waals surface area contributed by atoms with Gasteiger partial charge in [-0.3, -0.25) is 0 Å². The number of rotatable bonds is 1. The lowest BCUT2D eigenvalue weighted by Crippen LogP contribution is -2.90. The summed E-state index contributed by atoms with van der Waals surface area (Å²) in [5.41, 5.74) is -0.394. The van der Waals surface area contributed by atoms with Crippen molar-refractivity contribution < 1.29 is 35.9 Å². The number of piperazine rings is 1. The Bertz CT molecular complexity index is 636. The molecular weight excluding hydrogens is 394 g/mol. The number of alkyl halides is 6. The largest absolute Gasteiger partial charge is 0.434 e. The molecule has 1 aliphatic rings. The summed E-state index contributed by atoms with van der Waals surface area (Å²) in [4.78, 5) is 15.9. The van der Waals surface area contributed by atoms with Gasteiger partial charge >= 0.3 is 18.4 Å². The number of nitrogens with zero attached hydrogens (tertiary/aromatic N) is 2. The fraction of sp³-hybridized carbons (Fsp3) is 0.917. The maximum absolute atomic E-state index is 12.9. The third-order valence-electron chi connectivity index (χ3n) is 6.33. The number of amides is 1. The Labute approximate surface area is 174 Å². The van der Waals surface area contributed by atoms with Gasteiger partial charge in [0, 0.05) is 11.5 Å². The van der Waals surface area contributed by atoms with Gasteiger partial charge in [0.1, 0.15) is 54.9 Å². The summed E-state index contributed by atoms with van der Waals surface area (Å²) >= 11 is 0. The van der Waals surface area contributed by atoms with E-state index in [0.717, 1.165) is 4.90 Å². The maximum Gasteiger partial charge on any atom is 0.434 e. The predicted octanol–water partition coefficient (Wildman–Crippen LogP) is -4.25. The molecule has 0 aliphatic carbocycles. The highest BCUT2D eigenvalue weighted by atomic mass is 19.4. The fourth-order valence-electron chi connectivity index (χ4n) is 4.84. The highest BCUT2D eigenvalue weighted by Crippen LogP contribution is 2.43. The molecule has 1 atom stereocenters. The third kappa shape index (κ3) is 4.49. The average molecular weight is 419 g/mol. The smallest absolute Gasteiger partial charge is 0.427 e. The van der Waals surface area contributed by atoms with E-state index in [1.165, 1.54) is 0 Å². The van der Waals surface area contributed by atoms with E-state index in [4.69, 9.17) is 0 Å². The first kappa shape index (κ1) is 26.3. The molecule has 0 saturated carbocycles. The molecule has 0 radical (unpaired) electrons. The number of halogens is 6. The van der Waals surface area contributed by atoms with Crippen molar-refractivity contribution in [2.45, 2.75) is 66.7 Å². The molecule has 1 aliphatic heterocycles. The van der Waals surface area contributed by atoms with Crippen molar-refractivity contribution in [1.29, 1.82) is 0 Å². The van der Waals surface area contributed by atoms with Gasteiger partial charge in [0.05, 0.1) is 0 Å². The molecule has 4 nitrogen and oxygen atoms in total. The molecule has 0 bridgehead atoms. The summed E-state index contributed by atoms with van der Waals surface area (Å²) in [6, 6.07) is 0. The van der Waals surface area contributed by atoms with Crippen LogP contribution in [0.2, 0.25) is 0 Å². The quantitative estimate of drug-likeness (QED) is 0.319. The lowest BCUT2D eigenvalue weighted by atomic mass is 9.31. The van der Waals surface area contributed by atoms with Gasteiger partial charge in [-0.15, -0.1) is 0 Å². The van der Waals surface area contributed by atoms with E-state index in [2.05, 4.69) is 9.64 Å². The first-order valence-corrected chi connectivity index (χ1v) is 9.35. The minimum absolute atomic E-state index is 0.394. The van der Waals surface area contributed by atoms with E-state index in [1.54, 1.807) is 23.5 Å². The summed E-state index contributed by atoms with van der Waals surface area (Å²) in [6.07, 6.45) is -17.4. The van der Waals surface area contributed by atoms with E-state index in [1.807, 2.05) is 52.2 Å². The van der Waals surface area contributed by atoms with Gasteiger partial charge in [-0.05, 0) is 36.8 Å². The lowest BCUT2D eigenvalue weighted by molar-refractivity contribution is -0.309. The van der Waals surface area contributed by atoms with Crippen molar-refractivity contribution in [1.82, 2.24) is 9.80 Å². The first-order chi connectivity index (χ1) is 12.4. The molecule has 29 heavy (non-hydrogen) atoms. The van der Waals surface area contributed by atoms with Gasteiger partial charge in [-0.1, -0.05) is 0 Å². The molecule has 0 aromatic rings. The van der Waals surface area contributed by atoms with Crippen molar-refractivity contribution in [2.24, 2.45) is 0 Å². The molecule has 0 aromatic heterocycles. The summed E-state index contributed by atoms with van der Waals surface area (Å²) in [5.74, 6) is -0.737. The summed E-state index contributed by atoms with van der Waals surface area (Å²) in [5, 5.41) is -2.73. The van der Waals surface area contributed by atoms with Crippen LogP contribution in [0.5, 0.6) is 0 Å². The minimum atomic E-state index is -5.76. The first-order valence-electron chi connectivity index (χ1n) is 9.35. The lowest BCUT2D eigenvalue weighted by Gasteiger charge is -2.72. The van der Waals surface area contributed by atoms with Crippen molar-refractivity contribution in [2.75, 3.05) is 0 Å². The maximum atomic E-state index is 12.9.